The smallest absolute Gasteiger partial charge is 0.0887 e. The van der Waals surface area contributed by atoms with Crippen LogP contribution in [0.25, 0.3) is 0 Å². The maximum atomic E-state index is 10.1. The molecule has 1 aromatic carbocycles. The number of benzene rings is 1. The van der Waals surface area contributed by atoms with Crippen LogP contribution in [-0.2, 0) is 5.41 Å². The Labute approximate surface area is 115 Å². The highest BCUT2D eigenvalue weighted by Gasteiger charge is 2.57. The molecular formula is C18H21N. The number of fused-ring (bicyclic) bond motifs is 3. The Hall–Kier alpha value is -1.29. The summed E-state index contributed by atoms with van der Waals surface area (Å²) in [4.78, 5) is 0. The molecule has 3 aliphatic rings. The molecule has 0 spiro atoms. The van der Waals surface area contributed by atoms with Gasteiger partial charge in [-0.25, -0.2) is 0 Å². The van der Waals surface area contributed by atoms with Crippen molar-refractivity contribution >= 4 is 0 Å². The zero-order chi connectivity index (χ0) is 12.9. The van der Waals surface area contributed by atoms with Crippen molar-refractivity contribution in [1.82, 2.24) is 0 Å². The molecule has 3 aliphatic carbocycles. The van der Waals surface area contributed by atoms with Gasteiger partial charge in [-0.15, -0.1) is 0 Å². The van der Waals surface area contributed by atoms with Crippen LogP contribution in [0.15, 0.2) is 24.3 Å². The Morgan fingerprint density at radius 2 is 1.79 bits per heavy atom. The largest absolute Gasteiger partial charge is 0.197 e. The Morgan fingerprint density at radius 1 is 1.00 bits per heavy atom. The molecule has 0 unspecified atom stereocenters. The Kier molecular flexibility index (Phi) is 2.49. The van der Waals surface area contributed by atoms with Gasteiger partial charge >= 0.3 is 0 Å². The maximum Gasteiger partial charge on any atom is 0.0887 e. The SMILES string of the molecule is N#C[C@@]1(C2CCCC2)c2ccccc2[C@@H]2CCC[C@H]21. The number of nitriles is 1. The molecule has 0 saturated heterocycles. The molecule has 2 saturated carbocycles. The molecule has 1 nitrogen and oxygen atoms in total. The molecule has 1 aromatic rings. The van der Waals surface area contributed by atoms with E-state index in [4.69, 9.17) is 0 Å². The van der Waals surface area contributed by atoms with E-state index >= 15 is 0 Å². The van der Waals surface area contributed by atoms with Gasteiger partial charge < -0.3 is 0 Å². The molecule has 0 aromatic heterocycles. The highest BCUT2D eigenvalue weighted by atomic mass is 14.6. The summed E-state index contributed by atoms with van der Waals surface area (Å²) in [6, 6.07) is 11.7. The van der Waals surface area contributed by atoms with Crippen molar-refractivity contribution in [3.8, 4) is 6.07 Å². The van der Waals surface area contributed by atoms with Gasteiger partial charge in [-0.3, -0.25) is 0 Å². The summed E-state index contributed by atoms with van der Waals surface area (Å²) in [6.07, 6.45) is 9.08. The van der Waals surface area contributed by atoms with E-state index in [1.54, 1.807) is 0 Å². The van der Waals surface area contributed by atoms with Gasteiger partial charge in [0.1, 0.15) is 0 Å². The maximum absolute atomic E-state index is 10.1. The van der Waals surface area contributed by atoms with E-state index in [0.717, 1.165) is 0 Å². The molecule has 2 fully saturated rings. The number of hydrogen-bond donors (Lipinski definition) is 0. The van der Waals surface area contributed by atoms with Crippen LogP contribution in [0.1, 0.15) is 62.0 Å². The van der Waals surface area contributed by atoms with Crippen LogP contribution in [0.2, 0.25) is 0 Å². The first-order valence-corrected chi connectivity index (χ1v) is 7.88. The van der Waals surface area contributed by atoms with Gasteiger partial charge in [-0.2, -0.15) is 5.26 Å². The van der Waals surface area contributed by atoms with Crippen molar-refractivity contribution in [3.05, 3.63) is 35.4 Å². The summed E-state index contributed by atoms with van der Waals surface area (Å²) in [5.74, 6) is 1.90. The summed E-state index contributed by atoms with van der Waals surface area (Å²) in [6.45, 7) is 0. The second-order valence-electron chi connectivity index (χ2n) is 6.69. The lowest BCUT2D eigenvalue weighted by molar-refractivity contribution is 0.244. The topological polar surface area (TPSA) is 23.8 Å². The molecule has 0 bridgehead atoms. The van der Waals surface area contributed by atoms with E-state index in [9.17, 15) is 5.26 Å². The van der Waals surface area contributed by atoms with Crippen LogP contribution in [0.3, 0.4) is 0 Å². The number of hydrogen-bond acceptors (Lipinski definition) is 1. The molecule has 98 valence electrons. The first-order chi connectivity index (χ1) is 9.38. The Bertz CT molecular complexity index is 535. The monoisotopic (exact) mass is 251 g/mol. The zero-order valence-electron chi connectivity index (χ0n) is 11.4. The highest BCUT2D eigenvalue weighted by molar-refractivity contribution is 5.50. The Morgan fingerprint density at radius 3 is 2.58 bits per heavy atom. The molecule has 4 rings (SSSR count). The molecule has 1 heteroatoms. The lowest BCUT2D eigenvalue weighted by Gasteiger charge is -2.35. The standard InChI is InChI=1S/C18H21N/c19-12-18(13-6-1-2-7-13)16-10-4-3-8-14(16)15-9-5-11-17(15)18/h3-4,8,10,13,15,17H,1-2,5-7,9,11H2/t15-,17+,18+/m0/s1. The third kappa shape index (κ3) is 1.35. The lowest BCUT2D eigenvalue weighted by Crippen LogP contribution is -2.37. The molecule has 0 amide bonds. The van der Waals surface area contributed by atoms with E-state index < -0.39 is 0 Å². The van der Waals surface area contributed by atoms with Crippen molar-refractivity contribution in [2.24, 2.45) is 11.8 Å². The van der Waals surface area contributed by atoms with Crippen molar-refractivity contribution < 1.29 is 0 Å². The van der Waals surface area contributed by atoms with Crippen molar-refractivity contribution in [1.29, 1.82) is 5.26 Å². The average Bonchev–Trinajstić information content (AvgIpc) is 3.16. The summed E-state index contributed by atoms with van der Waals surface area (Å²) in [7, 11) is 0. The van der Waals surface area contributed by atoms with Gasteiger partial charge in [-0.05, 0) is 54.6 Å². The molecule has 19 heavy (non-hydrogen) atoms. The first kappa shape index (κ1) is 11.5. The summed E-state index contributed by atoms with van der Waals surface area (Å²) >= 11 is 0. The van der Waals surface area contributed by atoms with Gasteiger partial charge in [0, 0.05) is 0 Å². The average molecular weight is 251 g/mol. The normalized spacial score (nSPS) is 37.0. The van der Waals surface area contributed by atoms with Crippen LogP contribution in [0, 0.1) is 23.2 Å². The van der Waals surface area contributed by atoms with Crippen molar-refractivity contribution in [2.45, 2.75) is 56.3 Å². The van der Waals surface area contributed by atoms with Crippen LogP contribution in [0.4, 0.5) is 0 Å². The van der Waals surface area contributed by atoms with Crippen LogP contribution < -0.4 is 0 Å². The van der Waals surface area contributed by atoms with E-state index in [1.165, 1.54) is 56.1 Å². The Balaban J connectivity index is 1.91. The molecule has 3 atom stereocenters. The predicted octanol–water partition coefficient (Wildman–Crippen LogP) is 4.54. The van der Waals surface area contributed by atoms with Gasteiger partial charge in [0.25, 0.3) is 0 Å². The predicted molar refractivity (Wildman–Crippen MR) is 75.8 cm³/mol. The van der Waals surface area contributed by atoms with Crippen LogP contribution in [0.5, 0.6) is 0 Å². The van der Waals surface area contributed by atoms with E-state index in [1.807, 2.05) is 0 Å². The summed E-state index contributed by atoms with van der Waals surface area (Å²) in [5.41, 5.74) is 2.77. The first-order valence-electron chi connectivity index (χ1n) is 7.88. The lowest BCUT2D eigenvalue weighted by atomic mass is 9.65. The number of nitrogens with zero attached hydrogens (tertiary/aromatic N) is 1. The van der Waals surface area contributed by atoms with Gasteiger partial charge in [0.05, 0.1) is 11.5 Å². The summed E-state index contributed by atoms with van der Waals surface area (Å²) in [5, 5.41) is 10.1. The van der Waals surface area contributed by atoms with Crippen LogP contribution >= 0.6 is 0 Å². The van der Waals surface area contributed by atoms with Gasteiger partial charge in [0.2, 0.25) is 0 Å². The van der Waals surface area contributed by atoms with Crippen molar-refractivity contribution in [2.75, 3.05) is 0 Å². The fourth-order valence-corrected chi connectivity index (χ4v) is 5.41. The molecular weight excluding hydrogens is 230 g/mol. The fourth-order valence-electron chi connectivity index (χ4n) is 5.41. The third-order valence-corrected chi connectivity index (χ3v) is 6.09. The van der Waals surface area contributed by atoms with Crippen LogP contribution in [-0.4, -0.2) is 0 Å². The van der Waals surface area contributed by atoms with E-state index in [-0.39, 0.29) is 5.41 Å². The van der Waals surface area contributed by atoms with E-state index in [0.29, 0.717) is 17.8 Å². The molecule has 0 aliphatic heterocycles. The second-order valence-corrected chi connectivity index (χ2v) is 6.69. The van der Waals surface area contributed by atoms with E-state index in [2.05, 4.69) is 30.3 Å². The zero-order valence-corrected chi connectivity index (χ0v) is 11.4. The molecule has 0 radical (unpaired) electrons. The number of rotatable bonds is 1. The van der Waals surface area contributed by atoms with Gasteiger partial charge in [-0.1, -0.05) is 43.5 Å². The summed E-state index contributed by atoms with van der Waals surface area (Å²) < 4.78 is 0. The third-order valence-electron chi connectivity index (χ3n) is 6.09. The minimum absolute atomic E-state index is 0.145. The minimum atomic E-state index is -0.145. The van der Waals surface area contributed by atoms with Gasteiger partial charge in [0.15, 0.2) is 0 Å². The quantitative estimate of drug-likeness (QED) is 0.719. The minimum Gasteiger partial charge on any atom is -0.197 e. The second kappa shape index (κ2) is 4.10. The fraction of sp³-hybridized carbons (Fsp3) is 0.611. The highest BCUT2D eigenvalue weighted by Crippen LogP contribution is 2.62. The molecule has 0 heterocycles. The van der Waals surface area contributed by atoms with Crippen molar-refractivity contribution in [3.63, 3.8) is 0 Å². The molecule has 0 N–H and O–H groups in total.